The SMILES string of the molecule is Nc1ccc(-c2ncc(-c3cccc(Br)c3)cn2)cc1. The molecular formula is C16H12BrN3. The molecule has 0 unspecified atom stereocenters. The van der Waals surface area contributed by atoms with Gasteiger partial charge in [0.1, 0.15) is 0 Å². The zero-order valence-corrected chi connectivity index (χ0v) is 12.2. The van der Waals surface area contributed by atoms with Crippen LogP contribution in [0.4, 0.5) is 5.69 Å². The smallest absolute Gasteiger partial charge is 0.159 e. The second-order valence-corrected chi connectivity index (χ2v) is 5.34. The molecule has 0 aliphatic carbocycles. The summed E-state index contributed by atoms with van der Waals surface area (Å²) in [5, 5.41) is 0. The minimum absolute atomic E-state index is 0.698. The predicted molar refractivity (Wildman–Crippen MR) is 85.0 cm³/mol. The molecule has 2 aromatic carbocycles. The van der Waals surface area contributed by atoms with Gasteiger partial charge in [-0.25, -0.2) is 9.97 Å². The first-order valence-electron chi connectivity index (χ1n) is 6.16. The maximum absolute atomic E-state index is 5.67. The Kier molecular flexibility index (Phi) is 3.48. The zero-order valence-electron chi connectivity index (χ0n) is 10.6. The van der Waals surface area contributed by atoms with Crippen molar-refractivity contribution in [3.05, 3.63) is 65.4 Å². The van der Waals surface area contributed by atoms with Gasteiger partial charge in [0, 0.05) is 33.7 Å². The Morgan fingerprint density at radius 1 is 0.800 bits per heavy atom. The summed E-state index contributed by atoms with van der Waals surface area (Å²) in [6.07, 6.45) is 3.67. The largest absolute Gasteiger partial charge is 0.399 e. The van der Waals surface area contributed by atoms with Crippen molar-refractivity contribution in [1.29, 1.82) is 0 Å². The van der Waals surface area contributed by atoms with Crippen molar-refractivity contribution in [3.63, 3.8) is 0 Å². The minimum atomic E-state index is 0.698. The van der Waals surface area contributed by atoms with Crippen molar-refractivity contribution in [2.75, 3.05) is 5.73 Å². The third-order valence-electron chi connectivity index (χ3n) is 2.98. The van der Waals surface area contributed by atoms with Crippen molar-refractivity contribution >= 4 is 21.6 Å². The third-order valence-corrected chi connectivity index (χ3v) is 3.47. The maximum atomic E-state index is 5.67. The van der Waals surface area contributed by atoms with Crippen LogP contribution in [-0.4, -0.2) is 9.97 Å². The summed E-state index contributed by atoms with van der Waals surface area (Å²) in [4.78, 5) is 8.83. The Hall–Kier alpha value is -2.20. The first-order valence-corrected chi connectivity index (χ1v) is 6.95. The molecule has 1 heterocycles. The van der Waals surface area contributed by atoms with Gasteiger partial charge in [-0.2, -0.15) is 0 Å². The number of anilines is 1. The van der Waals surface area contributed by atoms with E-state index in [0.29, 0.717) is 5.82 Å². The van der Waals surface area contributed by atoms with Crippen molar-refractivity contribution in [1.82, 2.24) is 9.97 Å². The molecule has 0 saturated carbocycles. The van der Waals surface area contributed by atoms with Gasteiger partial charge in [-0.1, -0.05) is 28.1 Å². The second-order valence-electron chi connectivity index (χ2n) is 4.43. The molecule has 1 aromatic heterocycles. The highest BCUT2D eigenvalue weighted by atomic mass is 79.9. The van der Waals surface area contributed by atoms with E-state index < -0.39 is 0 Å². The molecule has 0 radical (unpaired) electrons. The van der Waals surface area contributed by atoms with E-state index in [4.69, 9.17) is 5.73 Å². The molecule has 0 aliphatic rings. The van der Waals surface area contributed by atoms with Gasteiger partial charge >= 0.3 is 0 Å². The summed E-state index contributed by atoms with van der Waals surface area (Å²) >= 11 is 3.46. The first-order chi connectivity index (χ1) is 9.72. The van der Waals surface area contributed by atoms with E-state index >= 15 is 0 Å². The van der Waals surface area contributed by atoms with Crippen molar-refractivity contribution < 1.29 is 0 Å². The van der Waals surface area contributed by atoms with Crippen LogP contribution < -0.4 is 5.73 Å². The van der Waals surface area contributed by atoms with Gasteiger partial charge in [0.05, 0.1) is 0 Å². The van der Waals surface area contributed by atoms with Crippen LogP contribution in [0.1, 0.15) is 0 Å². The molecule has 0 aliphatic heterocycles. The number of aromatic nitrogens is 2. The Morgan fingerprint density at radius 3 is 2.15 bits per heavy atom. The number of halogens is 1. The van der Waals surface area contributed by atoms with Crippen LogP contribution in [0, 0.1) is 0 Å². The van der Waals surface area contributed by atoms with E-state index in [-0.39, 0.29) is 0 Å². The predicted octanol–water partition coefficient (Wildman–Crippen LogP) is 4.16. The van der Waals surface area contributed by atoms with E-state index in [1.165, 1.54) is 0 Å². The van der Waals surface area contributed by atoms with E-state index in [2.05, 4.69) is 25.9 Å². The molecular weight excluding hydrogens is 314 g/mol. The summed E-state index contributed by atoms with van der Waals surface area (Å²) in [6.45, 7) is 0. The highest BCUT2D eigenvalue weighted by Crippen LogP contribution is 2.23. The van der Waals surface area contributed by atoms with Gasteiger partial charge in [0.2, 0.25) is 0 Å². The van der Waals surface area contributed by atoms with Crippen LogP contribution >= 0.6 is 15.9 Å². The molecule has 0 spiro atoms. The van der Waals surface area contributed by atoms with Crippen molar-refractivity contribution in [2.24, 2.45) is 0 Å². The summed E-state index contributed by atoms with van der Waals surface area (Å²) in [5.41, 5.74) is 9.45. The number of nitrogen functional groups attached to an aromatic ring is 1. The average Bonchev–Trinajstić information content (AvgIpc) is 2.48. The van der Waals surface area contributed by atoms with Crippen molar-refractivity contribution in [2.45, 2.75) is 0 Å². The lowest BCUT2D eigenvalue weighted by atomic mass is 10.1. The molecule has 3 rings (SSSR count). The zero-order chi connectivity index (χ0) is 13.9. The Morgan fingerprint density at radius 2 is 1.50 bits per heavy atom. The number of hydrogen-bond acceptors (Lipinski definition) is 3. The lowest BCUT2D eigenvalue weighted by Crippen LogP contribution is -1.90. The molecule has 3 aromatic rings. The Balaban J connectivity index is 1.93. The second kappa shape index (κ2) is 5.43. The van der Waals surface area contributed by atoms with Crippen LogP contribution in [0.5, 0.6) is 0 Å². The lowest BCUT2D eigenvalue weighted by Gasteiger charge is -2.04. The average molecular weight is 326 g/mol. The Labute approximate surface area is 125 Å². The maximum Gasteiger partial charge on any atom is 0.159 e. The fourth-order valence-electron chi connectivity index (χ4n) is 1.93. The van der Waals surface area contributed by atoms with E-state index in [9.17, 15) is 0 Å². The molecule has 0 amide bonds. The molecule has 0 saturated heterocycles. The highest BCUT2D eigenvalue weighted by molar-refractivity contribution is 9.10. The standard InChI is InChI=1S/C16H12BrN3/c17-14-3-1-2-12(8-14)13-9-19-16(20-10-13)11-4-6-15(18)7-5-11/h1-10H,18H2. The van der Waals surface area contributed by atoms with Crippen molar-refractivity contribution in [3.8, 4) is 22.5 Å². The van der Waals surface area contributed by atoms with E-state index in [1.54, 1.807) is 0 Å². The van der Waals surface area contributed by atoms with Crippen LogP contribution in [0.2, 0.25) is 0 Å². The number of hydrogen-bond donors (Lipinski definition) is 1. The first kappa shape index (κ1) is 12.8. The molecule has 20 heavy (non-hydrogen) atoms. The molecule has 0 atom stereocenters. The number of rotatable bonds is 2. The van der Waals surface area contributed by atoms with E-state index in [0.717, 1.165) is 26.9 Å². The number of benzene rings is 2. The summed E-state index contributed by atoms with van der Waals surface area (Å²) in [7, 11) is 0. The normalized spacial score (nSPS) is 10.4. The number of nitrogens with two attached hydrogens (primary N) is 1. The third kappa shape index (κ3) is 2.70. The monoisotopic (exact) mass is 325 g/mol. The topological polar surface area (TPSA) is 51.8 Å². The molecule has 0 bridgehead atoms. The van der Waals surface area contributed by atoms with Crippen LogP contribution in [-0.2, 0) is 0 Å². The summed E-state index contributed by atoms with van der Waals surface area (Å²) < 4.78 is 1.04. The summed E-state index contributed by atoms with van der Waals surface area (Å²) in [5.74, 6) is 0.698. The Bertz CT molecular complexity index is 721. The summed E-state index contributed by atoms with van der Waals surface area (Å²) in [6, 6.07) is 15.6. The van der Waals surface area contributed by atoms with E-state index in [1.807, 2.05) is 60.9 Å². The van der Waals surface area contributed by atoms with Gasteiger partial charge in [0.15, 0.2) is 5.82 Å². The minimum Gasteiger partial charge on any atom is -0.399 e. The molecule has 3 nitrogen and oxygen atoms in total. The quantitative estimate of drug-likeness (QED) is 0.720. The van der Waals surface area contributed by atoms with Gasteiger partial charge in [0.25, 0.3) is 0 Å². The molecule has 4 heteroatoms. The molecule has 98 valence electrons. The fraction of sp³-hybridized carbons (Fsp3) is 0. The van der Waals surface area contributed by atoms with Gasteiger partial charge < -0.3 is 5.73 Å². The van der Waals surface area contributed by atoms with Gasteiger partial charge in [-0.3, -0.25) is 0 Å². The number of nitrogens with zero attached hydrogens (tertiary/aromatic N) is 2. The van der Waals surface area contributed by atoms with Gasteiger partial charge in [-0.05, 0) is 42.0 Å². The lowest BCUT2D eigenvalue weighted by molar-refractivity contribution is 1.18. The van der Waals surface area contributed by atoms with Gasteiger partial charge in [-0.15, -0.1) is 0 Å². The van der Waals surface area contributed by atoms with Crippen LogP contribution in [0.3, 0.4) is 0 Å². The highest BCUT2D eigenvalue weighted by Gasteiger charge is 2.03. The van der Waals surface area contributed by atoms with Crippen LogP contribution in [0.15, 0.2) is 65.4 Å². The molecule has 2 N–H and O–H groups in total. The molecule has 0 fully saturated rings. The van der Waals surface area contributed by atoms with Crippen LogP contribution in [0.25, 0.3) is 22.5 Å². The fourth-order valence-corrected chi connectivity index (χ4v) is 2.33.